The lowest BCUT2D eigenvalue weighted by Crippen LogP contribution is -2.52. The second kappa shape index (κ2) is 16.5. The first kappa shape index (κ1) is 36.9. The van der Waals surface area contributed by atoms with Crippen molar-refractivity contribution in [3.05, 3.63) is 117 Å². The van der Waals surface area contributed by atoms with Gasteiger partial charge in [-0.15, -0.1) is 0 Å². The van der Waals surface area contributed by atoms with Crippen LogP contribution >= 0.6 is 23.2 Å². The van der Waals surface area contributed by atoms with Crippen LogP contribution < -0.4 is 19.8 Å². The molecule has 3 aliphatic rings. The minimum atomic E-state index is -0.944. The van der Waals surface area contributed by atoms with E-state index in [2.05, 4.69) is 15.2 Å². The van der Waals surface area contributed by atoms with Gasteiger partial charge in [0.1, 0.15) is 28.1 Å². The predicted octanol–water partition coefficient (Wildman–Crippen LogP) is 6.72. The van der Waals surface area contributed by atoms with Crippen molar-refractivity contribution in [1.82, 2.24) is 4.90 Å². The number of pyridine rings is 1. The number of fused-ring (bicyclic) bond motifs is 3. The third kappa shape index (κ3) is 8.47. The van der Waals surface area contributed by atoms with Crippen molar-refractivity contribution >= 4 is 40.8 Å². The van der Waals surface area contributed by atoms with Crippen LogP contribution in [0.3, 0.4) is 0 Å². The normalized spacial score (nSPS) is 19.0. The van der Waals surface area contributed by atoms with E-state index < -0.39 is 29.9 Å². The number of anilines is 1. The molecule has 3 atom stereocenters. The summed E-state index contributed by atoms with van der Waals surface area (Å²) in [6, 6.07) is 16.6. The molecule has 50 heavy (non-hydrogen) atoms. The monoisotopic (exact) mass is 725 g/mol. The highest BCUT2D eigenvalue weighted by Gasteiger charge is 2.38. The van der Waals surface area contributed by atoms with Crippen molar-refractivity contribution in [2.75, 3.05) is 39.2 Å². The number of rotatable bonds is 12. The van der Waals surface area contributed by atoms with Gasteiger partial charge in [-0.2, -0.15) is 0 Å². The number of nitrogens with one attached hydrogen (secondary N) is 2. The number of aromatic nitrogens is 1. The number of benzene rings is 3. The summed E-state index contributed by atoms with van der Waals surface area (Å²) in [4.78, 5) is 32.7. The molecule has 13 heteroatoms. The zero-order valence-corrected chi connectivity index (χ0v) is 29.0. The van der Waals surface area contributed by atoms with Crippen LogP contribution in [0.4, 0.5) is 10.1 Å². The van der Waals surface area contributed by atoms with E-state index >= 15 is 0 Å². The zero-order chi connectivity index (χ0) is 34.5. The second-order valence-corrected chi connectivity index (χ2v) is 13.0. The molecule has 3 N–H and O–H groups in total. The molecule has 3 aliphatic heterocycles. The van der Waals surface area contributed by atoms with Gasteiger partial charge in [-0.3, -0.25) is 4.90 Å². The third-order valence-electron chi connectivity index (χ3n) is 9.13. The summed E-state index contributed by atoms with van der Waals surface area (Å²) >= 11 is 13.0. The highest BCUT2D eigenvalue weighted by atomic mass is 35.5. The molecule has 0 saturated carbocycles. The van der Waals surface area contributed by atoms with Crippen LogP contribution in [0.15, 0.2) is 79.1 Å². The van der Waals surface area contributed by atoms with Crippen LogP contribution in [0.5, 0.6) is 11.5 Å². The van der Waals surface area contributed by atoms with E-state index in [1.165, 1.54) is 26.4 Å². The van der Waals surface area contributed by atoms with Crippen LogP contribution in [0, 0.1) is 11.7 Å². The Morgan fingerprint density at radius 3 is 2.26 bits per heavy atom. The van der Waals surface area contributed by atoms with Gasteiger partial charge in [0.15, 0.2) is 29.9 Å². The van der Waals surface area contributed by atoms with Gasteiger partial charge in [-0.25, -0.2) is 19.0 Å². The fourth-order valence-corrected chi connectivity index (χ4v) is 6.96. The SMILES string of the molecule is COc1ccc(C(Cc2c(Cl)c[nH+]cc2Cl)OC(=O)c2cccc(NC(C(=O)O[C@H]3CN4CCC3CC4)c3ccc(F)cc3)c2)cc1OC.[OH-]. The van der Waals surface area contributed by atoms with Crippen molar-refractivity contribution in [3.8, 4) is 11.5 Å². The standard InChI is InChI=1S/C37H36Cl2FN3O6.H2O/c1-46-31-11-8-24(17-33(31)47-2)32(18-28-29(38)19-41-20-30(28)39)48-36(44)25-4-3-5-27(16-25)42-35(23-6-9-26(40)10-7-23)37(45)49-34-21-43-14-12-22(34)13-15-43;/h3-11,16-17,19-20,22,32,34-35,42H,12-15,18,21H2,1-2H3;1H2/t32?,34-,35?;/m0./s1. The van der Waals surface area contributed by atoms with Gasteiger partial charge in [0.2, 0.25) is 0 Å². The number of carbonyl (C=O) groups excluding carboxylic acids is 2. The summed E-state index contributed by atoms with van der Waals surface area (Å²) in [6.45, 7) is 2.73. The quantitative estimate of drug-likeness (QED) is 0.158. The number of ether oxygens (including phenoxy) is 4. The molecule has 4 aromatic rings. The molecular formula is C37H38Cl2FN3O7. The molecular weight excluding hydrogens is 688 g/mol. The number of hydrogen-bond donors (Lipinski definition) is 1. The molecule has 0 amide bonds. The van der Waals surface area contributed by atoms with Gasteiger partial charge in [-0.1, -0.05) is 47.5 Å². The highest BCUT2D eigenvalue weighted by Crippen LogP contribution is 2.36. The Morgan fingerprint density at radius 1 is 0.940 bits per heavy atom. The summed E-state index contributed by atoms with van der Waals surface area (Å²) in [5.74, 6) is -0.213. The van der Waals surface area contributed by atoms with E-state index in [-0.39, 0.29) is 23.6 Å². The average molecular weight is 727 g/mol. The largest absolute Gasteiger partial charge is 0.870 e. The minimum Gasteiger partial charge on any atom is -0.870 e. The van der Waals surface area contributed by atoms with Gasteiger partial charge in [0.05, 0.1) is 19.8 Å². The van der Waals surface area contributed by atoms with Crippen LogP contribution in [0.2, 0.25) is 10.0 Å². The number of methoxy groups -OCH3 is 2. The van der Waals surface area contributed by atoms with E-state index in [1.807, 2.05) is 0 Å². The molecule has 3 aromatic carbocycles. The van der Waals surface area contributed by atoms with E-state index in [9.17, 15) is 14.0 Å². The molecule has 264 valence electrons. The van der Waals surface area contributed by atoms with E-state index in [4.69, 9.17) is 42.1 Å². The Labute approximate surface area is 299 Å². The summed E-state index contributed by atoms with van der Waals surface area (Å²) in [7, 11) is 3.06. The Kier molecular flexibility index (Phi) is 12.2. The third-order valence-corrected chi connectivity index (χ3v) is 9.80. The molecule has 4 heterocycles. The number of hydrogen-bond acceptors (Lipinski definition) is 9. The molecule has 7 rings (SSSR count). The molecule has 2 unspecified atom stereocenters. The van der Waals surface area contributed by atoms with Gasteiger partial charge in [-0.05, 0) is 85.4 Å². The summed E-state index contributed by atoms with van der Waals surface area (Å²) in [6.07, 6.45) is 4.33. The molecule has 2 bridgehead atoms. The number of aromatic amines is 1. The maximum absolute atomic E-state index is 13.9. The fourth-order valence-electron chi connectivity index (χ4n) is 6.43. The van der Waals surface area contributed by atoms with Crippen molar-refractivity contribution in [2.24, 2.45) is 5.92 Å². The number of H-pyrrole nitrogens is 1. The van der Waals surface area contributed by atoms with Crippen LogP contribution in [-0.4, -0.2) is 62.3 Å². The average Bonchev–Trinajstić information content (AvgIpc) is 3.12. The lowest BCUT2D eigenvalue weighted by atomic mass is 9.86. The highest BCUT2D eigenvalue weighted by molar-refractivity contribution is 6.35. The number of halogens is 3. The number of nitrogens with zero attached hydrogens (tertiary/aromatic N) is 1. The first-order valence-electron chi connectivity index (χ1n) is 16.0. The molecule has 3 saturated heterocycles. The van der Waals surface area contributed by atoms with Gasteiger partial charge in [0, 0.05) is 24.2 Å². The lowest BCUT2D eigenvalue weighted by molar-refractivity contribution is -0.377. The molecule has 0 radical (unpaired) electrons. The number of esters is 2. The van der Waals surface area contributed by atoms with Crippen molar-refractivity contribution in [3.63, 3.8) is 0 Å². The van der Waals surface area contributed by atoms with Crippen molar-refractivity contribution in [1.29, 1.82) is 0 Å². The molecule has 1 aromatic heterocycles. The first-order chi connectivity index (χ1) is 23.7. The van der Waals surface area contributed by atoms with E-state index in [1.54, 1.807) is 67.0 Å². The zero-order valence-electron chi connectivity index (χ0n) is 27.5. The molecule has 0 aliphatic carbocycles. The van der Waals surface area contributed by atoms with Crippen molar-refractivity contribution < 1.29 is 43.4 Å². The maximum atomic E-state index is 13.9. The van der Waals surface area contributed by atoms with Gasteiger partial charge < -0.3 is 29.7 Å². The fraction of sp³-hybridized carbons (Fsp3) is 0.324. The van der Waals surface area contributed by atoms with Crippen LogP contribution in [0.1, 0.15) is 52.0 Å². The Morgan fingerprint density at radius 2 is 1.62 bits per heavy atom. The van der Waals surface area contributed by atoms with Crippen LogP contribution in [-0.2, 0) is 20.7 Å². The smallest absolute Gasteiger partial charge is 0.338 e. The van der Waals surface area contributed by atoms with E-state index in [0.717, 1.165) is 25.9 Å². The lowest BCUT2D eigenvalue weighted by Gasteiger charge is -2.44. The van der Waals surface area contributed by atoms with Crippen LogP contribution in [0.25, 0.3) is 0 Å². The maximum Gasteiger partial charge on any atom is 0.338 e. The van der Waals surface area contributed by atoms with E-state index in [0.29, 0.717) is 56.4 Å². The topological polar surface area (TPSA) is 130 Å². The summed E-state index contributed by atoms with van der Waals surface area (Å²) in [5, 5.41) is 4.00. The Balaban J connectivity index is 0.00000486. The first-order valence-corrected chi connectivity index (χ1v) is 16.8. The predicted molar refractivity (Wildman–Crippen MR) is 185 cm³/mol. The number of piperidine rings is 3. The van der Waals surface area contributed by atoms with Gasteiger partial charge in [0.25, 0.3) is 0 Å². The Hall–Kier alpha value is -4.42. The summed E-state index contributed by atoms with van der Waals surface area (Å²) in [5.41, 5.74) is 2.46. The molecule has 10 nitrogen and oxygen atoms in total. The summed E-state index contributed by atoms with van der Waals surface area (Å²) < 4.78 is 36.9. The van der Waals surface area contributed by atoms with Crippen molar-refractivity contribution in [2.45, 2.75) is 37.5 Å². The molecule has 0 spiro atoms. The van der Waals surface area contributed by atoms with Gasteiger partial charge >= 0.3 is 11.9 Å². The Bertz CT molecular complexity index is 1780. The second-order valence-electron chi connectivity index (χ2n) is 12.2. The molecule has 3 fully saturated rings. The minimum absolute atomic E-state index is 0. The number of carbonyl (C=O) groups is 2.